The van der Waals surface area contributed by atoms with Gasteiger partial charge in [0, 0.05) is 32.1 Å². The van der Waals surface area contributed by atoms with E-state index in [9.17, 15) is 18.0 Å². The minimum Gasteiger partial charge on any atom is -0.497 e. The average molecular weight is 466 g/mol. The third-order valence-electron chi connectivity index (χ3n) is 6.45. The molecule has 2 fully saturated rings. The zero-order valence-corrected chi connectivity index (χ0v) is 20.1. The molecule has 0 radical (unpaired) electrons. The highest BCUT2D eigenvalue weighted by Crippen LogP contribution is 2.25. The van der Waals surface area contributed by atoms with Crippen LogP contribution in [-0.2, 0) is 19.6 Å². The molecule has 0 bridgehead atoms. The van der Waals surface area contributed by atoms with Gasteiger partial charge in [-0.2, -0.15) is 4.31 Å². The maximum Gasteiger partial charge on any atom is 0.245 e. The van der Waals surface area contributed by atoms with Gasteiger partial charge in [-0.3, -0.25) is 9.59 Å². The summed E-state index contributed by atoms with van der Waals surface area (Å²) in [7, 11) is -2.11. The van der Waals surface area contributed by atoms with Crippen molar-refractivity contribution in [2.75, 3.05) is 33.3 Å². The Kier molecular flexibility index (Phi) is 8.16. The molecule has 1 saturated carbocycles. The highest BCUT2D eigenvalue weighted by molar-refractivity contribution is 7.89. The zero-order valence-electron chi connectivity index (χ0n) is 19.2. The van der Waals surface area contributed by atoms with Gasteiger partial charge in [-0.15, -0.1) is 0 Å². The van der Waals surface area contributed by atoms with E-state index in [1.807, 2.05) is 13.8 Å². The number of nitrogens with one attached hydrogen (secondary N) is 1. The lowest BCUT2D eigenvalue weighted by Gasteiger charge is -2.37. The monoisotopic (exact) mass is 465 g/mol. The summed E-state index contributed by atoms with van der Waals surface area (Å²) >= 11 is 0. The van der Waals surface area contributed by atoms with Crippen molar-refractivity contribution in [3.05, 3.63) is 24.3 Å². The minimum atomic E-state index is -3.64. The maximum atomic E-state index is 13.2. The van der Waals surface area contributed by atoms with Gasteiger partial charge in [0.2, 0.25) is 21.8 Å². The van der Waals surface area contributed by atoms with Crippen molar-refractivity contribution in [2.45, 2.75) is 56.9 Å². The van der Waals surface area contributed by atoms with E-state index in [1.165, 1.54) is 30.0 Å². The smallest absolute Gasteiger partial charge is 0.245 e. The first-order chi connectivity index (χ1) is 15.2. The Bertz CT molecular complexity index is 887. The number of hydrogen-bond donors (Lipinski definition) is 1. The molecule has 0 spiro atoms. The molecule has 178 valence electrons. The summed E-state index contributed by atoms with van der Waals surface area (Å²) in [4.78, 5) is 27.8. The number of amides is 2. The molecule has 1 saturated heterocycles. The quantitative estimate of drug-likeness (QED) is 0.666. The van der Waals surface area contributed by atoms with Gasteiger partial charge in [-0.1, -0.05) is 33.1 Å². The molecular formula is C23H35N3O5S. The molecule has 0 aromatic heterocycles. The predicted molar refractivity (Wildman–Crippen MR) is 122 cm³/mol. The fraction of sp³-hybridized carbons (Fsp3) is 0.652. The number of sulfonamides is 1. The van der Waals surface area contributed by atoms with Crippen molar-refractivity contribution < 1.29 is 22.7 Å². The fourth-order valence-corrected chi connectivity index (χ4v) is 5.81. The van der Waals surface area contributed by atoms with Gasteiger partial charge < -0.3 is 15.0 Å². The Morgan fingerprint density at radius 2 is 1.59 bits per heavy atom. The first-order valence-corrected chi connectivity index (χ1v) is 12.9. The molecule has 3 rings (SSSR count). The Hall–Kier alpha value is -2.13. The van der Waals surface area contributed by atoms with Crippen LogP contribution in [0.1, 0.15) is 46.0 Å². The first kappa shape index (κ1) is 24.5. The van der Waals surface area contributed by atoms with Crippen LogP contribution in [0, 0.1) is 11.8 Å². The van der Waals surface area contributed by atoms with E-state index < -0.39 is 16.1 Å². The number of nitrogens with zero attached hydrogens (tertiary/aromatic N) is 2. The van der Waals surface area contributed by atoms with Crippen LogP contribution in [0.15, 0.2) is 29.2 Å². The van der Waals surface area contributed by atoms with Crippen LogP contribution < -0.4 is 10.1 Å². The van der Waals surface area contributed by atoms with Crippen LogP contribution in [0.25, 0.3) is 0 Å². The molecule has 1 aromatic carbocycles. The van der Waals surface area contributed by atoms with Crippen molar-refractivity contribution in [3.8, 4) is 5.75 Å². The number of carbonyl (C=O) groups excluding carboxylic acids is 2. The normalized spacial score (nSPS) is 19.6. The molecule has 1 aliphatic carbocycles. The third kappa shape index (κ3) is 5.61. The molecule has 1 aromatic rings. The van der Waals surface area contributed by atoms with Crippen molar-refractivity contribution in [1.29, 1.82) is 0 Å². The van der Waals surface area contributed by atoms with Gasteiger partial charge >= 0.3 is 0 Å². The zero-order chi connectivity index (χ0) is 23.3. The van der Waals surface area contributed by atoms with Crippen LogP contribution in [0.3, 0.4) is 0 Å². The SMILES string of the molecule is COc1ccc(S(=O)(=O)N2CCN(C(=O)C(NC(=O)C3CCCCC3)C(C)C)CC2)cc1. The lowest BCUT2D eigenvalue weighted by molar-refractivity contribution is -0.139. The number of piperazine rings is 1. The summed E-state index contributed by atoms with van der Waals surface area (Å²) in [5, 5.41) is 2.99. The lowest BCUT2D eigenvalue weighted by atomic mass is 9.88. The van der Waals surface area contributed by atoms with Gasteiger partial charge in [0.05, 0.1) is 12.0 Å². The van der Waals surface area contributed by atoms with Gasteiger partial charge in [-0.05, 0) is 43.0 Å². The molecular weight excluding hydrogens is 430 g/mol. The van der Waals surface area contributed by atoms with E-state index in [-0.39, 0.29) is 41.6 Å². The van der Waals surface area contributed by atoms with Crippen molar-refractivity contribution >= 4 is 21.8 Å². The number of ether oxygens (including phenoxy) is 1. The predicted octanol–water partition coefficient (Wildman–Crippen LogP) is 2.25. The van der Waals surface area contributed by atoms with Crippen molar-refractivity contribution in [3.63, 3.8) is 0 Å². The van der Waals surface area contributed by atoms with Gasteiger partial charge in [0.1, 0.15) is 11.8 Å². The highest BCUT2D eigenvalue weighted by atomic mass is 32.2. The number of benzene rings is 1. The summed E-state index contributed by atoms with van der Waals surface area (Å²) < 4.78 is 32.4. The van der Waals surface area contributed by atoms with E-state index in [0.717, 1.165) is 25.7 Å². The minimum absolute atomic E-state index is 0.00992. The van der Waals surface area contributed by atoms with Crippen LogP contribution in [-0.4, -0.2) is 68.8 Å². The van der Waals surface area contributed by atoms with Crippen molar-refractivity contribution in [1.82, 2.24) is 14.5 Å². The van der Waals surface area contributed by atoms with Crippen LogP contribution in [0.4, 0.5) is 0 Å². The van der Waals surface area contributed by atoms with Gasteiger partial charge in [0.25, 0.3) is 0 Å². The molecule has 32 heavy (non-hydrogen) atoms. The lowest BCUT2D eigenvalue weighted by Crippen LogP contribution is -2.57. The van der Waals surface area contributed by atoms with Crippen LogP contribution in [0.5, 0.6) is 5.75 Å². The molecule has 1 aliphatic heterocycles. The molecule has 8 nitrogen and oxygen atoms in total. The van der Waals surface area contributed by atoms with E-state index in [0.29, 0.717) is 18.8 Å². The Morgan fingerprint density at radius 1 is 1.00 bits per heavy atom. The summed E-state index contributed by atoms with van der Waals surface area (Å²) in [6.45, 7) is 4.90. The van der Waals surface area contributed by atoms with E-state index in [4.69, 9.17) is 4.74 Å². The number of carbonyl (C=O) groups is 2. The summed E-state index contributed by atoms with van der Waals surface area (Å²) in [5.74, 6) is 0.373. The van der Waals surface area contributed by atoms with Crippen LogP contribution >= 0.6 is 0 Å². The summed E-state index contributed by atoms with van der Waals surface area (Å²) in [6, 6.07) is 5.71. The Morgan fingerprint density at radius 3 is 2.12 bits per heavy atom. The van der Waals surface area contributed by atoms with Gasteiger partial charge in [-0.25, -0.2) is 8.42 Å². The third-order valence-corrected chi connectivity index (χ3v) is 8.37. The van der Waals surface area contributed by atoms with E-state index in [1.54, 1.807) is 17.0 Å². The molecule has 2 amide bonds. The number of methoxy groups -OCH3 is 1. The molecule has 2 aliphatic rings. The fourth-order valence-electron chi connectivity index (χ4n) is 4.39. The second kappa shape index (κ2) is 10.7. The Balaban J connectivity index is 1.60. The topological polar surface area (TPSA) is 96.0 Å². The first-order valence-electron chi connectivity index (χ1n) is 11.5. The van der Waals surface area contributed by atoms with Crippen molar-refractivity contribution in [2.24, 2.45) is 11.8 Å². The second-order valence-corrected chi connectivity index (χ2v) is 10.9. The standard InChI is InChI=1S/C23H35N3O5S/c1-17(2)21(24-22(27)18-7-5-4-6-8-18)23(28)25-13-15-26(16-14-25)32(29,30)20-11-9-19(31-3)10-12-20/h9-12,17-18,21H,4-8,13-16H2,1-3H3,(H,24,27). The van der Waals surface area contributed by atoms with E-state index in [2.05, 4.69) is 5.32 Å². The molecule has 1 atom stereocenters. The maximum absolute atomic E-state index is 13.2. The average Bonchev–Trinajstić information content (AvgIpc) is 2.82. The van der Waals surface area contributed by atoms with Gasteiger partial charge in [0.15, 0.2) is 0 Å². The highest BCUT2D eigenvalue weighted by Gasteiger charge is 2.35. The number of hydrogen-bond acceptors (Lipinski definition) is 5. The van der Waals surface area contributed by atoms with E-state index >= 15 is 0 Å². The second-order valence-electron chi connectivity index (χ2n) is 8.97. The summed E-state index contributed by atoms with van der Waals surface area (Å²) in [6.07, 6.45) is 5.05. The molecule has 9 heteroatoms. The largest absolute Gasteiger partial charge is 0.497 e. The van der Waals surface area contributed by atoms with Crippen LogP contribution in [0.2, 0.25) is 0 Å². The molecule has 1 unspecified atom stereocenters. The molecule has 1 heterocycles. The molecule has 1 N–H and O–H groups in total. The number of rotatable bonds is 7. The summed E-state index contributed by atoms with van der Waals surface area (Å²) in [5.41, 5.74) is 0. The Labute approximate surface area is 191 Å².